The van der Waals surface area contributed by atoms with E-state index in [-0.39, 0.29) is 12.3 Å². The fourth-order valence-corrected chi connectivity index (χ4v) is 3.18. The Balaban J connectivity index is 2.05. The van der Waals surface area contributed by atoms with Gasteiger partial charge in [-0.05, 0) is 43.9 Å². The van der Waals surface area contributed by atoms with E-state index in [9.17, 15) is 9.90 Å². The molecule has 142 valence electrons. The second kappa shape index (κ2) is 10.1. The molecule has 26 heavy (non-hydrogen) atoms. The summed E-state index contributed by atoms with van der Waals surface area (Å²) in [6, 6.07) is 3.01. The van der Waals surface area contributed by atoms with Gasteiger partial charge in [0.25, 0.3) is 5.91 Å². The highest BCUT2D eigenvalue weighted by atomic mass is 16.5. The van der Waals surface area contributed by atoms with Crippen molar-refractivity contribution < 1.29 is 14.6 Å². The van der Waals surface area contributed by atoms with Gasteiger partial charge in [-0.25, -0.2) is 0 Å². The SMILES string of the molecule is N#CC(C#N)CC(C(O)C(=O)NCC1CC1)N(C=N)CC1CCOCC1. The minimum absolute atomic E-state index is 0.0175. The summed E-state index contributed by atoms with van der Waals surface area (Å²) >= 11 is 0. The van der Waals surface area contributed by atoms with E-state index in [0.717, 1.165) is 32.0 Å². The highest BCUT2D eigenvalue weighted by Gasteiger charge is 2.34. The van der Waals surface area contributed by atoms with Crippen LogP contribution < -0.4 is 5.32 Å². The van der Waals surface area contributed by atoms with E-state index < -0.39 is 24.0 Å². The summed E-state index contributed by atoms with van der Waals surface area (Å²) in [6.45, 7) is 2.34. The summed E-state index contributed by atoms with van der Waals surface area (Å²) in [4.78, 5) is 13.9. The fourth-order valence-electron chi connectivity index (χ4n) is 3.18. The molecule has 2 rings (SSSR count). The van der Waals surface area contributed by atoms with Crippen LogP contribution in [-0.2, 0) is 9.53 Å². The van der Waals surface area contributed by atoms with Gasteiger partial charge in [-0.3, -0.25) is 10.2 Å². The van der Waals surface area contributed by atoms with Gasteiger partial charge in [0.1, 0.15) is 5.92 Å². The summed E-state index contributed by atoms with van der Waals surface area (Å²) in [6.07, 6.45) is 3.59. The molecule has 0 aromatic heterocycles. The minimum atomic E-state index is -1.39. The predicted molar refractivity (Wildman–Crippen MR) is 93.9 cm³/mol. The third-order valence-corrected chi connectivity index (χ3v) is 5.09. The Morgan fingerprint density at radius 2 is 1.92 bits per heavy atom. The van der Waals surface area contributed by atoms with Crippen molar-refractivity contribution in [3.05, 3.63) is 0 Å². The van der Waals surface area contributed by atoms with Crippen molar-refractivity contribution in [1.29, 1.82) is 15.9 Å². The first-order chi connectivity index (χ1) is 12.6. The lowest BCUT2D eigenvalue weighted by molar-refractivity contribution is -0.132. The van der Waals surface area contributed by atoms with E-state index in [1.807, 2.05) is 12.1 Å². The molecule has 1 saturated carbocycles. The van der Waals surface area contributed by atoms with E-state index in [1.54, 1.807) is 4.90 Å². The fraction of sp³-hybridized carbons (Fsp3) is 0.778. The Hall–Kier alpha value is -2.16. The zero-order valence-corrected chi connectivity index (χ0v) is 14.9. The summed E-state index contributed by atoms with van der Waals surface area (Å²) in [5.41, 5.74) is 0. The summed E-state index contributed by atoms with van der Waals surface area (Å²) < 4.78 is 5.35. The van der Waals surface area contributed by atoms with Crippen LogP contribution in [0.15, 0.2) is 0 Å². The van der Waals surface area contributed by atoms with Crippen molar-refractivity contribution in [2.45, 2.75) is 44.2 Å². The Kier molecular flexibility index (Phi) is 7.83. The first kappa shape index (κ1) is 20.2. The number of aliphatic hydroxyl groups is 1. The number of carbonyl (C=O) groups is 1. The first-order valence-electron chi connectivity index (χ1n) is 9.18. The number of amides is 1. The highest BCUT2D eigenvalue weighted by molar-refractivity contribution is 5.81. The van der Waals surface area contributed by atoms with Crippen LogP contribution in [-0.4, -0.2) is 60.7 Å². The largest absolute Gasteiger partial charge is 0.381 e. The van der Waals surface area contributed by atoms with E-state index >= 15 is 0 Å². The molecule has 1 amide bonds. The smallest absolute Gasteiger partial charge is 0.251 e. The number of nitrogens with one attached hydrogen (secondary N) is 2. The molecule has 1 aliphatic carbocycles. The first-order valence-corrected chi connectivity index (χ1v) is 9.18. The van der Waals surface area contributed by atoms with Gasteiger partial charge in [-0.2, -0.15) is 10.5 Å². The van der Waals surface area contributed by atoms with E-state index in [0.29, 0.717) is 32.2 Å². The number of aliphatic hydroxyl groups excluding tert-OH is 1. The standard InChI is InChI=1S/C18H27N5O3/c19-8-15(9-20)7-16(17(24)18(25)22-10-13-1-2-13)23(12-21)11-14-3-5-26-6-4-14/h12-17,21,24H,1-7,10-11H2,(H,22,25). The van der Waals surface area contributed by atoms with Crippen LogP contribution in [0, 0.1) is 45.8 Å². The second-order valence-corrected chi connectivity index (χ2v) is 7.13. The summed E-state index contributed by atoms with van der Waals surface area (Å²) in [5.74, 6) is -0.674. The maximum atomic E-state index is 12.3. The van der Waals surface area contributed by atoms with Gasteiger partial charge in [-0.15, -0.1) is 0 Å². The molecular formula is C18H27N5O3. The lowest BCUT2D eigenvalue weighted by Crippen LogP contribution is -2.52. The number of rotatable bonds is 10. The number of hydrogen-bond donors (Lipinski definition) is 3. The van der Waals surface area contributed by atoms with Crippen LogP contribution in [0.2, 0.25) is 0 Å². The molecule has 2 unspecified atom stereocenters. The van der Waals surface area contributed by atoms with Crippen molar-refractivity contribution in [3.8, 4) is 12.1 Å². The monoisotopic (exact) mass is 361 g/mol. The quantitative estimate of drug-likeness (QED) is 0.386. The maximum absolute atomic E-state index is 12.3. The van der Waals surface area contributed by atoms with Crippen molar-refractivity contribution in [1.82, 2.24) is 10.2 Å². The molecule has 8 heteroatoms. The number of hydrogen-bond acceptors (Lipinski definition) is 6. The molecule has 2 fully saturated rings. The van der Waals surface area contributed by atoms with Crippen LogP contribution in [0.25, 0.3) is 0 Å². The van der Waals surface area contributed by atoms with Crippen LogP contribution in [0.3, 0.4) is 0 Å². The molecule has 2 aliphatic rings. The van der Waals surface area contributed by atoms with Gasteiger partial charge in [0.2, 0.25) is 0 Å². The maximum Gasteiger partial charge on any atom is 0.251 e. The Morgan fingerprint density at radius 1 is 1.27 bits per heavy atom. The van der Waals surface area contributed by atoms with Gasteiger partial charge >= 0.3 is 0 Å². The highest BCUT2D eigenvalue weighted by Crippen LogP contribution is 2.27. The molecule has 2 atom stereocenters. The van der Waals surface area contributed by atoms with Gasteiger partial charge < -0.3 is 20.1 Å². The van der Waals surface area contributed by atoms with Crippen LogP contribution in [0.1, 0.15) is 32.1 Å². The molecule has 8 nitrogen and oxygen atoms in total. The molecule has 1 heterocycles. The number of ether oxygens (including phenoxy) is 1. The molecule has 0 aromatic rings. The summed E-state index contributed by atoms with van der Waals surface area (Å²) in [5, 5.41) is 39.3. The minimum Gasteiger partial charge on any atom is -0.381 e. The zero-order chi connectivity index (χ0) is 18.9. The average molecular weight is 361 g/mol. The van der Waals surface area contributed by atoms with Crippen LogP contribution in [0.4, 0.5) is 0 Å². The van der Waals surface area contributed by atoms with E-state index in [4.69, 9.17) is 20.7 Å². The Bertz CT molecular complexity index is 546. The topological polar surface area (TPSA) is 133 Å². The predicted octanol–water partition coefficient (Wildman–Crippen LogP) is 0.631. The third kappa shape index (κ3) is 5.98. The molecule has 0 spiro atoms. The molecule has 1 saturated heterocycles. The average Bonchev–Trinajstić information content (AvgIpc) is 3.50. The van der Waals surface area contributed by atoms with Crippen molar-refractivity contribution in [2.24, 2.45) is 17.8 Å². The van der Waals surface area contributed by atoms with Gasteiger partial charge in [0, 0.05) is 26.3 Å². The third-order valence-electron chi connectivity index (χ3n) is 5.09. The molecular weight excluding hydrogens is 334 g/mol. The number of nitriles is 2. The number of carbonyl (C=O) groups excluding carboxylic acids is 1. The molecule has 0 aromatic carbocycles. The molecule has 0 bridgehead atoms. The van der Waals surface area contributed by atoms with Crippen LogP contribution in [0.5, 0.6) is 0 Å². The van der Waals surface area contributed by atoms with E-state index in [1.165, 1.54) is 0 Å². The molecule has 0 radical (unpaired) electrons. The van der Waals surface area contributed by atoms with Crippen molar-refractivity contribution in [2.75, 3.05) is 26.3 Å². The lowest BCUT2D eigenvalue weighted by Gasteiger charge is -2.36. The van der Waals surface area contributed by atoms with Gasteiger partial charge in [0.05, 0.1) is 24.5 Å². The summed E-state index contributed by atoms with van der Waals surface area (Å²) in [7, 11) is 0. The zero-order valence-electron chi connectivity index (χ0n) is 14.9. The Labute approximate surface area is 154 Å². The second-order valence-electron chi connectivity index (χ2n) is 7.13. The van der Waals surface area contributed by atoms with E-state index in [2.05, 4.69) is 5.32 Å². The van der Waals surface area contributed by atoms with Crippen molar-refractivity contribution in [3.63, 3.8) is 0 Å². The van der Waals surface area contributed by atoms with Gasteiger partial charge in [-0.1, -0.05) is 0 Å². The Morgan fingerprint density at radius 3 is 2.46 bits per heavy atom. The molecule has 3 N–H and O–H groups in total. The van der Waals surface area contributed by atoms with Crippen LogP contribution >= 0.6 is 0 Å². The normalized spacial score (nSPS) is 19.8. The lowest BCUT2D eigenvalue weighted by atomic mass is 9.93. The molecule has 1 aliphatic heterocycles. The van der Waals surface area contributed by atoms with Gasteiger partial charge in [0.15, 0.2) is 6.10 Å². The number of nitrogens with zero attached hydrogens (tertiary/aromatic N) is 3. The van der Waals surface area contributed by atoms with Crippen molar-refractivity contribution >= 4 is 12.2 Å².